The van der Waals surface area contributed by atoms with Gasteiger partial charge in [0.1, 0.15) is 11.4 Å². The first-order chi connectivity index (χ1) is 14.0. The van der Waals surface area contributed by atoms with Crippen LogP contribution < -0.4 is 15.4 Å². The van der Waals surface area contributed by atoms with Crippen LogP contribution in [0.25, 0.3) is 0 Å². The first-order valence-electron chi connectivity index (χ1n) is 9.98. The summed E-state index contributed by atoms with van der Waals surface area (Å²) >= 11 is 0. The van der Waals surface area contributed by atoms with Gasteiger partial charge in [-0.1, -0.05) is 25.0 Å². The van der Waals surface area contributed by atoms with Crippen LogP contribution in [-0.4, -0.2) is 53.0 Å². The second kappa shape index (κ2) is 7.87. The van der Waals surface area contributed by atoms with Crippen molar-refractivity contribution in [2.45, 2.75) is 43.7 Å². The number of nitrogens with zero attached hydrogens (tertiary/aromatic N) is 2. The molecule has 2 heterocycles. The number of carbonyl (C=O) groups excluding carboxylic acids is 2. The standard InChI is InChI=1S/C21H26N4O4/c1-29-16-6-4-14(5-7-16)21(8-2-3-9-21)13-23-19(27)17-10-18-20(28)22-11-15(26)12-25(18)24-17/h4-7,10,15,26H,2-3,8-9,11-13H2,1H3,(H,22,28)(H,23,27)/t15-/m1/s1. The summed E-state index contributed by atoms with van der Waals surface area (Å²) < 4.78 is 6.65. The first kappa shape index (κ1) is 19.4. The van der Waals surface area contributed by atoms with Crippen molar-refractivity contribution in [2.24, 2.45) is 0 Å². The summed E-state index contributed by atoms with van der Waals surface area (Å²) in [6, 6.07) is 9.53. The number of aliphatic hydroxyl groups is 1. The van der Waals surface area contributed by atoms with Crippen molar-refractivity contribution in [3.05, 3.63) is 47.3 Å². The molecule has 154 valence electrons. The highest BCUT2D eigenvalue weighted by molar-refractivity contribution is 5.98. The Bertz CT molecular complexity index is 900. The highest BCUT2D eigenvalue weighted by Crippen LogP contribution is 2.41. The number of fused-ring (bicyclic) bond motifs is 1. The number of carbonyl (C=O) groups is 2. The van der Waals surface area contributed by atoms with Gasteiger partial charge < -0.3 is 20.5 Å². The molecule has 0 saturated heterocycles. The van der Waals surface area contributed by atoms with Gasteiger partial charge in [0.25, 0.3) is 11.8 Å². The predicted molar refractivity (Wildman–Crippen MR) is 106 cm³/mol. The van der Waals surface area contributed by atoms with Crippen LogP contribution in [0.15, 0.2) is 30.3 Å². The molecule has 1 aromatic heterocycles. The maximum absolute atomic E-state index is 12.8. The fourth-order valence-corrected chi connectivity index (χ4v) is 4.32. The van der Waals surface area contributed by atoms with E-state index in [1.54, 1.807) is 7.11 Å². The van der Waals surface area contributed by atoms with Crippen molar-refractivity contribution < 1.29 is 19.4 Å². The largest absolute Gasteiger partial charge is 0.497 e. The van der Waals surface area contributed by atoms with Gasteiger partial charge in [0.2, 0.25) is 0 Å². The minimum atomic E-state index is -0.729. The number of methoxy groups -OCH3 is 1. The topological polar surface area (TPSA) is 105 Å². The number of rotatable bonds is 5. The van der Waals surface area contributed by atoms with Crippen molar-refractivity contribution in [3.63, 3.8) is 0 Å². The van der Waals surface area contributed by atoms with Crippen LogP contribution in [0.3, 0.4) is 0 Å². The van der Waals surface area contributed by atoms with Gasteiger partial charge in [-0.25, -0.2) is 0 Å². The third-order valence-electron chi connectivity index (χ3n) is 5.98. The van der Waals surface area contributed by atoms with E-state index in [9.17, 15) is 14.7 Å². The van der Waals surface area contributed by atoms with Crippen molar-refractivity contribution in [1.82, 2.24) is 20.4 Å². The number of amides is 2. The number of aliphatic hydroxyl groups excluding tert-OH is 1. The van der Waals surface area contributed by atoms with Gasteiger partial charge in [-0.3, -0.25) is 14.3 Å². The fraction of sp³-hybridized carbons (Fsp3) is 0.476. The van der Waals surface area contributed by atoms with Gasteiger partial charge in [0, 0.05) is 24.6 Å². The van der Waals surface area contributed by atoms with E-state index in [4.69, 9.17) is 4.74 Å². The van der Waals surface area contributed by atoms with Crippen LogP contribution in [0.1, 0.15) is 52.2 Å². The second-order valence-electron chi connectivity index (χ2n) is 7.86. The van der Waals surface area contributed by atoms with Gasteiger partial charge in [-0.2, -0.15) is 5.10 Å². The normalized spacial score (nSPS) is 20.5. The molecule has 0 unspecified atom stereocenters. The maximum Gasteiger partial charge on any atom is 0.271 e. The number of hydrogen-bond donors (Lipinski definition) is 3. The molecule has 0 radical (unpaired) electrons. The van der Waals surface area contributed by atoms with E-state index in [0.29, 0.717) is 6.54 Å². The second-order valence-corrected chi connectivity index (χ2v) is 7.86. The smallest absolute Gasteiger partial charge is 0.271 e. The number of β-amino-alcohol motifs (C(OH)–C–C–N with tert-alkyl or cyclic N) is 1. The van der Waals surface area contributed by atoms with Crippen LogP contribution >= 0.6 is 0 Å². The Hall–Kier alpha value is -2.87. The highest BCUT2D eigenvalue weighted by Gasteiger charge is 2.36. The number of hydrogen-bond acceptors (Lipinski definition) is 5. The Morgan fingerprint density at radius 1 is 1.34 bits per heavy atom. The van der Waals surface area contributed by atoms with E-state index in [1.807, 2.05) is 12.1 Å². The van der Waals surface area contributed by atoms with Crippen molar-refractivity contribution in [3.8, 4) is 5.75 Å². The third-order valence-corrected chi connectivity index (χ3v) is 5.98. The minimum absolute atomic E-state index is 0.105. The molecule has 8 nitrogen and oxygen atoms in total. The number of aromatic nitrogens is 2. The van der Waals surface area contributed by atoms with Gasteiger partial charge in [0.15, 0.2) is 5.69 Å². The summed E-state index contributed by atoms with van der Waals surface area (Å²) in [7, 11) is 1.65. The molecule has 0 bridgehead atoms. The van der Waals surface area contributed by atoms with E-state index in [0.717, 1.165) is 31.4 Å². The first-order valence-corrected chi connectivity index (χ1v) is 9.98. The zero-order valence-electron chi connectivity index (χ0n) is 16.5. The van der Waals surface area contributed by atoms with Gasteiger partial charge in [-0.05, 0) is 30.5 Å². The molecule has 4 rings (SSSR count). The number of nitrogens with one attached hydrogen (secondary N) is 2. The molecule has 1 aliphatic carbocycles. The molecule has 8 heteroatoms. The van der Waals surface area contributed by atoms with Crippen LogP contribution in [0.4, 0.5) is 0 Å². The van der Waals surface area contributed by atoms with Gasteiger partial charge >= 0.3 is 0 Å². The van der Waals surface area contributed by atoms with Crippen LogP contribution in [0.2, 0.25) is 0 Å². The molecule has 0 spiro atoms. The Kier molecular flexibility index (Phi) is 5.27. The summed E-state index contributed by atoms with van der Waals surface area (Å²) in [6.07, 6.45) is 3.53. The van der Waals surface area contributed by atoms with Crippen LogP contribution in [0.5, 0.6) is 5.75 Å². The summed E-state index contributed by atoms with van der Waals surface area (Å²) in [4.78, 5) is 24.9. The van der Waals surface area contributed by atoms with Gasteiger partial charge in [0.05, 0.1) is 19.8 Å². The lowest BCUT2D eigenvalue weighted by Gasteiger charge is -2.30. The van der Waals surface area contributed by atoms with Crippen molar-refractivity contribution in [1.29, 1.82) is 0 Å². The predicted octanol–water partition coefficient (Wildman–Crippen LogP) is 1.24. The zero-order valence-corrected chi connectivity index (χ0v) is 16.5. The molecule has 29 heavy (non-hydrogen) atoms. The zero-order chi connectivity index (χ0) is 20.4. The summed E-state index contributed by atoms with van der Waals surface area (Å²) in [5.41, 5.74) is 1.57. The molecule has 3 N–H and O–H groups in total. The fourth-order valence-electron chi connectivity index (χ4n) is 4.32. The molecule has 1 saturated carbocycles. The molecule has 1 aliphatic heterocycles. The van der Waals surface area contributed by atoms with Crippen LogP contribution in [-0.2, 0) is 12.0 Å². The lowest BCUT2D eigenvalue weighted by atomic mass is 9.78. The maximum atomic E-state index is 12.8. The Labute approximate surface area is 169 Å². The van der Waals surface area contributed by atoms with E-state index >= 15 is 0 Å². The quantitative estimate of drug-likeness (QED) is 0.703. The number of ether oxygens (including phenoxy) is 1. The minimum Gasteiger partial charge on any atom is -0.497 e. The van der Waals surface area contributed by atoms with Crippen molar-refractivity contribution in [2.75, 3.05) is 20.2 Å². The van der Waals surface area contributed by atoms with Crippen LogP contribution in [0, 0.1) is 0 Å². The summed E-state index contributed by atoms with van der Waals surface area (Å²) in [5, 5.41) is 19.7. The third kappa shape index (κ3) is 3.85. The molecule has 2 aliphatic rings. The monoisotopic (exact) mass is 398 g/mol. The summed E-state index contributed by atoms with van der Waals surface area (Å²) in [5.74, 6) is 0.164. The Morgan fingerprint density at radius 2 is 2.07 bits per heavy atom. The lowest BCUT2D eigenvalue weighted by Crippen LogP contribution is -2.39. The average Bonchev–Trinajstić information content (AvgIpc) is 3.36. The molecule has 1 fully saturated rings. The van der Waals surface area contributed by atoms with Crippen molar-refractivity contribution >= 4 is 11.8 Å². The van der Waals surface area contributed by atoms with E-state index < -0.39 is 6.10 Å². The number of benzene rings is 1. The molecular formula is C21H26N4O4. The molecular weight excluding hydrogens is 372 g/mol. The van der Waals surface area contributed by atoms with E-state index in [-0.39, 0.29) is 41.7 Å². The molecule has 1 aromatic carbocycles. The highest BCUT2D eigenvalue weighted by atomic mass is 16.5. The van der Waals surface area contributed by atoms with E-state index in [2.05, 4.69) is 27.9 Å². The lowest BCUT2D eigenvalue weighted by molar-refractivity contribution is 0.0931. The Morgan fingerprint density at radius 3 is 2.76 bits per heavy atom. The van der Waals surface area contributed by atoms with Gasteiger partial charge in [-0.15, -0.1) is 0 Å². The molecule has 2 amide bonds. The molecule has 2 aromatic rings. The summed E-state index contributed by atoms with van der Waals surface area (Å²) in [6.45, 7) is 0.862. The SMILES string of the molecule is COc1ccc(C2(CNC(=O)c3cc4n(n3)C[C@H](O)CNC4=O)CCCC2)cc1. The van der Waals surface area contributed by atoms with E-state index in [1.165, 1.54) is 16.3 Å². The Balaban J connectivity index is 1.50. The average molecular weight is 398 g/mol. The molecule has 1 atom stereocenters.